The van der Waals surface area contributed by atoms with Crippen molar-refractivity contribution in [3.63, 3.8) is 0 Å². The lowest BCUT2D eigenvalue weighted by atomic mass is 10.2. The minimum Gasteiger partial charge on any atom is -0.350 e. The highest BCUT2D eigenvalue weighted by Gasteiger charge is 2.39. The number of rotatable bonds is 3. The van der Waals surface area contributed by atoms with Crippen LogP contribution >= 0.6 is 34.8 Å². The second kappa shape index (κ2) is 6.43. The average Bonchev–Trinajstić information content (AvgIpc) is 2.76. The molecule has 0 saturated carbocycles. The van der Waals surface area contributed by atoms with Crippen molar-refractivity contribution in [3.8, 4) is 0 Å². The number of nitrogens with one attached hydrogen (secondary N) is 1. The number of halogens is 4. The van der Waals surface area contributed by atoms with Gasteiger partial charge in [-0.1, -0.05) is 46.9 Å². The Balaban J connectivity index is 1.95. The van der Waals surface area contributed by atoms with Gasteiger partial charge in [-0.3, -0.25) is 9.59 Å². The molecular weight excluding hydrogens is 378 g/mol. The number of nitrogens with zero attached hydrogens (tertiary/aromatic N) is 1. The number of hydrogen-bond acceptors (Lipinski definition) is 3. The van der Waals surface area contributed by atoms with E-state index in [2.05, 4.69) is 5.32 Å². The maximum atomic E-state index is 13.2. The van der Waals surface area contributed by atoms with Gasteiger partial charge in [-0.25, -0.2) is 9.29 Å². The molecule has 0 unspecified atom stereocenters. The summed E-state index contributed by atoms with van der Waals surface area (Å²) in [6.07, 6.45) is 0. The quantitative estimate of drug-likeness (QED) is 0.788. The van der Waals surface area contributed by atoms with Crippen molar-refractivity contribution in [2.24, 2.45) is 0 Å². The lowest BCUT2D eigenvalue weighted by molar-refractivity contribution is -0.120. The van der Waals surface area contributed by atoms with Crippen molar-refractivity contribution >= 4 is 58.0 Å². The van der Waals surface area contributed by atoms with Crippen LogP contribution in [0.1, 0.15) is 0 Å². The van der Waals surface area contributed by atoms with Crippen LogP contribution in [-0.2, 0) is 9.59 Å². The fraction of sp³-hybridized carbons (Fsp3) is 0. The Hall–Kier alpha value is -2.08. The Morgan fingerprint density at radius 1 is 0.917 bits per heavy atom. The van der Waals surface area contributed by atoms with Gasteiger partial charge >= 0.3 is 0 Å². The summed E-state index contributed by atoms with van der Waals surface area (Å²) in [5, 5.41) is 2.51. The number of carbonyl (C=O) groups is 2. The van der Waals surface area contributed by atoms with Gasteiger partial charge in [0.05, 0.1) is 15.7 Å². The molecule has 24 heavy (non-hydrogen) atoms. The zero-order valence-electron chi connectivity index (χ0n) is 11.8. The van der Waals surface area contributed by atoms with Crippen LogP contribution in [0, 0.1) is 5.82 Å². The minimum absolute atomic E-state index is 0.128. The second-order valence-corrected chi connectivity index (χ2v) is 6.03. The van der Waals surface area contributed by atoms with Gasteiger partial charge in [0.2, 0.25) is 0 Å². The Labute approximate surface area is 151 Å². The van der Waals surface area contributed by atoms with Crippen molar-refractivity contribution in [1.82, 2.24) is 0 Å². The van der Waals surface area contributed by atoms with E-state index in [1.54, 1.807) is 18.2 Å². The number of anilines is 2. The predicted molar refractivity (Wildman–Crippen MR) is 91.9 cm³/mol. The number of para-hydroxylation sites is 1. The van der Waals surface area contributed by atoms with Gasteiger partial charge in [0.1, 0.15) is 16.5 Å². The number of imide groups is 1. The van der Waals surface area contributed by atoms with Crippen LogP contribution in [0.15, 0.2) is 53.2 Å². The summed E-state index contributed by atoms with van der Waals surface area (Å²) in [5.74, 6) is -1.97. The first kappa shape index (κ1) is 16.8. The minimum atomic E-state index is -0.703. The van der Waals surface area contributed by atoms with Gasteiger partial charge in [-0.2, -0.15) is 0 Å². The lowest BCUT2D eigenvalue weighted by Gasteiger charge is -2.16. The van der Waals surface area contributed by atoms with E-state index in [0.717, 1.165) is 11.0 Å². The molecule has 0 aliphatic carbocycles. The maximum absolute atomic E-state index is 13.2. The third-order valence-electron chi connectivity index (χ3n) is 3.31. The smallest absolute Gasteiger partial charge is 0.283 e. The van der Waals surface area contributed by atoms with Gasteiger partial charge in [0, 0.05) is 5.69 Å². The molecule has 2 aromatic carbocycles. The highest BCUT2D eigenvalue weighted by Crippen LogP contribution is 2.34. The summed E-state index contributed by atoms with van der Waals surface area (Å²) >= 11 is 17.7. The van der Waals surface area contributed by atoms with Gasteiger partial charge in [0.25, 0.3) is 11.8 Å². The highest BCUT2D eigenvalue weighted by atomic mass is 35.5. The molecule has 4 nitrogen and oxygen atoms in total. The van der Waals surface area contributed by atoms with Crippen molar-refractivity contribution in [3.05, 3.63) is 69.1 Å². The second-order valence-electron chi connectivity index (χ2n) is 4.84. The molecule has 0 bridgehead atoms. The third kappa shape index (κ3) is 2.86. The molecule has 0 fully saturated rings. The molecule has 8 heteroatoms. The topological polar surface area (TPSA) is 49.4 Å². The van der Waals surface area contributed by atoms with Crippen molar-refractivity contribution < 1.29 is 14.0 Å². The fourth-order valence-corrected chi connectivity index (χ4v) is 2.79. The highest BCUT2D eigenvalue weighted by molar-refractivity contribution is 6.53. The van der Waals surface area contributed by atoms with Crippen LogP contribution in [0.25, 0.3) is 0 Å². The summed E-state index contributed by atoms with van der Waals surface area (Å²) in [6.45, 7) is 0. The Bertz CT molecular complexity index is 899. The molecule has 1 aliphatic heterocycles. The Kier molecular flexibility index (Phi) is 4.49. The standard InChI is InChI=1S/C16H8Cl3FN2O2/c17-9-3-1-2-4-12(9)22-15(23)13(19)14(16(22)24)21-8-5-6-11(20)10(18)7-8/h1-7,21H. The molecule has 0 atom stereocenters. The largest absolute Gasteiger partial charge is 0.350 e. The van der Waals surface area contributed by atoms with Gasteiger partial charge in [0.15, 0.2) is 0 Å². The molecule has 0 saturated heterocycles. The van der Waals surface area contributed by atoms with Gasteiger partial charge in [-0.05, 0) is 30.3 Å². The van der Waals surface area contributed by atoms with E-state index >= 15 is 0 Å². The number of benzene rings is 2. The summed E-state index contributed by atoms with van der Waals surface area (Å²) in [5.41, 5.74) is 0.405. The van der Waals surface area contributed by atoms with Gasteiger partial charge in [-0.15, -0.1) is 0 Å². The molecule has 122 valence electrons. The number of amides is 2. The van der Waals surface area contributed by atoms with E-state index in [-0.39, 0.29) is 26.5 Å². The Morgan fingerprint density at radius 3 is 2.29 bits per heavy atom. The SMILES string of the molecule is O=C1C(Cl)=C(Nc2ccc(F)c(Cl)c2)C(=O)N1c1ccccc1Cl. The average molecular weight is 386 g/mol. The normalized spacial score (nSPS) is 14.6. The number of carbonyl (C=O) groups excluding carboxylic acids is 2. The summed E-state index contributed by atoms with van der Waals surface area (Å²) in [4.78, 5) is 25.8. The molecule has 1 N–H and O–H groups in total. The zero-order valence-corrected chi connectivity index (χ0v) is 14.1. The van der Waals surface area contributed by atoms with E-state index in [1.165, 1.54) is 18.2 Å². The van der Waals surface area contributed by atoms with Crippen LogP contribution in [0.2, 0.25) is 10.0 Å². The monoisotopic (exact) mass is 384 g/mol. The molecule has 2 aromatic rings. The maximum Gasteiger partial charge on any atom is 0.283 e. The fourth-order valence-electron chi connectivity index (χ4n) is 2.18. The zero-order chi connectivity index (χ0) is 17.4. The molecule has 1 heterocycles. The first-order valence-corrected chi connectivity index (χ1v) is 7.78. The van der Waals surface area contributed by atoms with Crippen LogP contribution in [0.4, 0.5) is 15.8 Å². The number of hydrogen-bond donors (Lipinski definition) is 1. The van der Waals surface area contributed by atoms with E-state index in [1.807, 2.05) is 0 Å². The van der Waals surface area contributed by atoms with Crippen molar-refractivity contribution in [2.75, 3.05) is 10.2 Å². The van der Waals surface area contributed by atoms with E-state index in [4.69, 9.17) is 34.8 Å². The molecule has 1 aliphatic rings. The molecule has 0 aromatic heterocycles. The first-order chi connectivity index (χ1) is 11.4. The third-order valence-corrected chi connectivity index (χ3v) is 4.27. The van der Waals surface area contributed by atoms with Crippen LogP contribution in [0.3, 0.4) is 0 Å². The van der Waals surface area contributed by atoms with Crippen molar-refractivity contribution in [2.45, 2.75) is 0 Å². The summed E-state index contributed by atoms with van der Waals surface area (Å²) < 4.78 is 13.2. The van der Waals surface area contributed by atoms with Crippen LogP contribution in [-0.4, -0.2) is 11.8 Å². The van der Waals surface area contributed by atoms with E-state index in [9.17, 15) is 14.0 Å². The summed E-state index contributed by atoms with van der Waals surface area (Å²) in [6, 6.07) is 10.2. The van der Waals surface area contributed by atoms with Crippen LogP contribution in [0.5, 0.6) is 0 Å². The molecule has 0 spiro atoms. The van der Waals surface area contributed by atoms with Gasteiger partial charge < -0.3 is 5.32 Å². The molecule has 0 radical (unpaired) electrons. The Morgan fingerprint density at radius 2 is 1.62 bits per heavy atom. The van der Waals surface area contributed by atoms with Crippen LogP contribution < -0.4 is 10.2 Å². The van der Waals surface area contributed by atoms with E-state index < -0.39 is 17.6 Å². The van der Waals surface area contributed by atoms with E-state index in [0.29, 0.717) is 5.69 Å². The first-order valence-electron chi connectivity index (χ1n) is 6.65. The summed E-state index contributed by atoms with van der Waals surface area (Å²) in [7, 11) is 0. The molecule has 2 amide bonds. The molecule has 3 rings (SSSR count). The lowest BCUT2D eigenvalue weighted by Crippen LogP contribution is -2.32. The molecular formula is C16H8Cl3FN2O2. The van der Waals surface area contributed by atoms with Crippen molar-refractivity contribution in [1.29, 1.82) is 0 Å². The predicted octanol–water partition coefficient (Wildman–Crippen LogP) is 4.57.